The molecular weight excluding hydrogens is 244 g/mol. The molecule has 1 aromatic carbocycles. The predicted octanol–water partition coefficient (Wildman–Crippen LogP) is 4.05. The van der Waals surface area contributed by atoms with E-state index in [1.807, 2.05) is 0 Å². The Morgan fingerprint density at radius 1 is 1.12 bits per heavy atom. The Balaban J connectivity index is 2.40. The smallest absolute Gasteiger partial charge is 0.137 e. The van der Waals surface area contributed by atoms with Gasteiger partial charge in [-0.05, 0) is 31.2 Å². The van der Waals surface area contributed by atoms with Crippen molar-refractivity contribution in [3.8, 4) is 0 Å². The highest BCUT2D eigenvalue weighted by atomic mass is 35.5. The lowest BCUT2D eigenvalue weighted by atomic mass is 9.94. The Bertz CT molecular complexity index is 610. The molecule has 0 fully saturated rings. The molecule has 1 aliphatic rings. The van der Waals surface area contributed by atoms with Gasteiger partial charge in [0.2, 0.25) is 0 Å². The number of hydrogen-bond donors (Lipinski definition) is 0. The lowest BCUT2D eigenvalue weighted by molar-refractivity contribution is 0.590. The van der Waals surface area contributed by atoms with Crippen LogP contribution >= 0.6 is 11.6 Å². The molecular formula is C13H10ClF2N. The van der Waals surface area contributed by atoms with Crippen molar-refractivity contribution in [2.24, 2.45) is 0 Å². The fourth-order valence-electron chi connectivity index (χ4n) is 2.41. The van der Waals surface area contributed by atoms with Crippen LogP contribution in [0.1, 0.15) is 24.1 Å². The molecule has 1 aromatic heterocycles. The summed E-state index contributed by atoms with van der Waals surface area (Å²) in [5, 5.41) is 0.649. The van der Waals surface area contributed by atoms with Crippen LogP contribution in [-0.2, 0) is 12.8 Å². The molecule has 1 aliphatic carbocycles. The Labute approximate surface area is 102 Å². The van der Waals surface area contributed by atoms with Crippen LogP contribution in [0.5, 0.6) is 0 Å². The van der Waals surface area contributed by atoms with E-state index in [9.17, 15) is 8.78 Å². The number of pyridine rings is 1. The van der Waals surface area contributed by atoms with E-state index in [2.05, 4.69) is 4.98 Å². The zero-order chi connectivity index (χ0) is 12.0. The summed E-state index contributed by atoms with van der Waals surface area (Å²) in [4.78, 5) is 4.33. The summed E-state index contributed by atoms with van der Waals surface area (Å²) < 4.78 is 26.9. The third kappa shape index (κ3) is 1.69. The number of halogens is 3. The fraction of sp³-hybridized carbons (Fsp3) is 0.308. The molecule has 1 nitrogen and oxygen atoms in total. The second-order valence-corrected chi connectivity index (χ2v) is 4.72. The zero-order valence-electron chi connectivity index (χ0n) is 9.06. The molecule has 0 amide bonds. The summed E-state index contributed by atoms with van der Waals surface area (Å²) >= 11 is 6.21. The van der Waals surface area contributed by atoms with E-state index in [0.29, 0.717) is 10.5 Å². The fourth-order valence-corrected chi connectivity index (χ4v) is 2.80. The van der Waals surface area contributed by atoms with Gasteiger partial charge in [0, 0.05) is 17.8 Å². The van der Waals surface area contributed by atoms with E-state index < -0.39 is 11.6 Å². The summed E-state index contributed by atoms with van der Waals surface area (Å²) in [5.74, 6) is -1.25. The number of rotatable bonds is 0. The van der Waals surface area contributed by atoms with Gasteiger partial charge in [-0.1, -0.05) is 11.6 Å². The topological polar surface area (TPSA) is 12.9 Å². The maximum Gasteiger partial charge on any atom is 0.137 e. The average Bonchev–Trinajstić information content (AvgIpc) is 2.28. The number of hydrogen-bond acceptors (Lipinski definition) is 1. The van der Waals surface area contributed by atoms with Crippen LogP contribution in [0.3, 0.4) is 0 Å². The number of nitrogens with zero attached hydrogens (tertiary/aromatic N) is 1. The molecule has 4 heteroatoms. The molecule has 1 heterocycles. The molecule has 0 radical (unpaired) electrons. The van der Waals surface area contributed by atoms with Crippen LogP contribution in [0.25, 0.3) is 10.9 Å². The van der Waals surface area contributed by atoms with E-state index >= 15 is 0 Å². The van der Waals surface area contributed by atoms with Gasteiger partial charge < -0.3 is 0 Å². The largest absolute Gasteiger partial charge is 0.252 e. The van der Waals surface area contributed by atoms with Crippen LogP contribution < -0.4 is 0 Å². The van der Waals surface area contributed by atoms with Gasteiger partial charge in [-0.2, -0.15) is 0 Å². The highest BCUT2D eigenvalue weighted by molar-refractivity contribution is 6.36. The standard InChI is InChI=1S/C13H10ClF2N/c14-13-8-3-1-2-4-10(8)17-11-6-7(15)5-9(16)12(11)13/h5-6H,1-4H2. The second-order valence-electron chi connectivity index (χ2n) is 4.34. The molecule has 0 unspecified atom stereocenters. The van der Waals surface area contributed by atoms with Gasteiger partial charge >= 0.3 is 0 Å². The van der Waals surface area contributed by atoms with Crippen molar-refractivity contribution < 1.29 is 8.78 Å². The Morgan fingerprint density at radius 2 is 1.88 bits per heavy atom. The minimum absolute atomic E-state index is 0.244. The van der Waals surface area contributed by atoms with Crippen molar-refractivity contribution in [1.82, 2.24) is 4.98 Å². The molecule has 0 N–H and O–H groups in total. The first-order chi connectivity index (χ1) is 8.16. The van der Waals surface area contributed by atoms with E-state index in [1.54, 1.807) is 0 Å². The van der Waals surface area contributed by atoms with Gasteiger partial charge in [-0.25, -0.2) is 8.78 Å². The van der Waals surface area contributed by atoms with Crippen molar-refractivity contribution in [1.29, 1.82) is 0 Å². The van der Waals surface area contributed by atoms with E-state index in [4.69, 9.17) is 11.6 Å². The van der Waals surface area contributed by atoms with Gasteiger partial charge in [0.05, 0.1) is 15.9 Å². The van der Waals surface area contributed by atoms with Crippen LogP contribution in [0.4, 0.5) is 8.78 Å². The van der Waals surface area contributed by atoms with E-state index in [1.165, 1.54) is 6.07 Å². The van der Waals surface area contributed by atoms with Gasteiger partial charge in [0.25, 0.3) is 0 Å². The summed E-state index contributed by atoms with van der Waals surface area (Å²) in [6.07, 6.45) is 3.76. The zero-order valence-corrected chi connectivity index (χ0v) is 9.82. The van der Waals surface area contributed by atoms with Crippen molar-refractivity contribution in [2.45, 2.75) is 25.7 Å². The summed E-state index contributed by atoms with van der Waals surface area (Å²) in [7, 11) is 0. The second kappa shape index (κ2) is 3.91. The normalized spacial score (nSPS) is 15.0. The van der Waals surface area contributed by atoms with E-state index in [-0.39, 0.29) is 5.39 Å². The Kier molecular flexibility index (Phi) is 2.51. The van der Waals surface area contributed by atoms with Gasteiger partial charge in [0.1, 0.15) is 11.6 Å². The van der Waals surface area contributed by atoms with Crippen molar-refractivity contribution in [3.63, 3.8) is 0 Å². The molecule has 0 bridgehead atoms. The predicted molar refractivity (Wildman–Crippen MR) is 63.3 cm³/mol. The SMILES string of the molecule is Fc1cc(F)c2c(Cl)c3c(nc2c1)CCCC3. The third-order valence-corrected chi connectivity index (χ3v) is 3.63. The third-order valence-electron chi connectivity index (χ3n) is 3.21. The van der Waals surface area contributed by atoms with Gasteiger partial charge in [-0.3, -0.25) is 4.98 Å². The first-order valence-corrected chi connectivity index (χ1v) is 6.00. The molecule has 0 spiro atoms. The maximum absolute atomic E-state index is 13.7. The monoisotopic (exact) mass is 253 g/mol. The molecule has 88 valence electrons. The van der Waals surface area contributed by atoms with Crippen molar-refractivity contribution >= 4 is 22.5 Å². The van der Waals surface area contributed by atoms with Crippen LogP contribution in [0, 0.1) is 11.6 Å². The molecule has 3 rings (SSSR count). The number of aryl methyl sites for hydroxylation is 1. The van der Waals surface area contributed by atoms with Crippen molar-refractivity contribution in [2.75, 3.05) is 0 Å². The molecule has 2 aromatic rings. The summed E-state index contributed by atoms with van der Waals surface area (Å²) in [5.41, 5.74) is 2.13. The first kappa shape index (κ1) is 10.9. The van der Waals surface area contributed by atoms with Gasteiger partial charge in [0.15, 0.2) is 0 Å². The molecule has 0 saturated heterocycles. The Morgan fingerprint density at radius 3 is 2.71 bits per heavy atom. The average molecular weight is 254 g/mol. The lowest BCUT2D eigenvalue weighted by Gasteiger charge is -2.17. The number of fused-ring (bicyclic) bond motifs is 2. The van der Waals surface area contributed by atoms with Crippen molar-refractivity contribution in [3.05, 3.63) is 40.0 Å². The minimum Gasteiger partial charge on any atom is -0.252 e. The molecule has 0 atom stereocenters. The van der Waals surface area contributed by atoms with Crippen LogP contribution in [-0.4, -0.2) is 4.98 Å². The number of aromatic nitrogens is 1. The Hall–Kier alpha value is -1.22. The summed E-state index contributed by atoms with van der Waals surface area (Å²) in [6, 6.07) is 2.09. The lowest BCUT2D eigenvalue weighted by Crippen LogP contribution is -2.07. The minimum atomic E-state index is -0.633. The summed E-state index contributed by atoms with van der Waals surface area (Å²) in [6.45, 7) is 0. The highest BCUT2D eigenvalue weighted by Crippen LogP contribution is 2.34. The van der Waals surface area contributed by atoms with Gasteiger partial charge in [-0.15, -0.1) is 0 Å². The first-order valence-electron chi connectivity index (χ1n) is 5.63. The molecule has 0 saturated carbocycles. The molecule has 17 heavy (non-hydrogen) atoms. The van der Waals surface area contributed by atoms with Crippen LogP contribution in [0.2, 0.25) is 5.02 Å². The number of benzene rings is 1. The van der Waals surface area contributed by atoms with E-state index in [0.717, 1.165) is 43.0 Å². The maximum atomic E-state index is 13.7. The quantitative estimate of drug-likeness (QED) is 0.690. The van der Waals surface area contributed by atoms with Crippen LogP contribution in [0.15, 0.2) is 12.1 Å². The molecule has 0 aliphatic heterocycles. The highest BCUT2D eigenvalue weighted by Gasteiger charge is 2.19.